The second-order valence-corrected chi connectivity index (χ2v) is 2.63. The molecule has 64 valence electrons. The van der Waals surface area contributed by atoms with Crippen LogP contribution in [0.15, 0.2) is 12.3 Å². The van der Waals surface area contributed by atoms with Crippen molar-refractivity contribution in [3.05, 3.63) is 29.1 Å². The summed E-state index contributed by atoms with van der Waals surface area (Å²) in [7, 11) is 1.36. The van der Waals surface area contributed by atoms with E-state index in [9.17, 15) is 4.79 Å². The van der Waals surface area contributed by atoms with Crippen molar-refractivity contribution in [3.8, 4) is 0 Å². The molecule has 0 spiro atoms. The van der Waals surface area contributed by atoms with E-state index in [-0.39, 0.29) is 5.97 Å². The molecule has 1 aromatic heterocycles. The van der Waals surface area contributed by atoms with Gasteiger partial charge in [0.1, 0.15) is 0 Å². The molecule has 12 heavy (non-hydrogen) atoms. The first-order chi connectivity index (χ1) is 5.65. The smallest absolute Gasteiger partial charge is 0.339 e. The van der Waals surface area contributed by atoms with E-state index in [4.69, 9.17) is 0 Å². The fourth-order valence-corrected chi connectivity index (χ4v) is 1.02. The Morgan fingerprint density at radius 2 is 2.17 bits per heavy atom. The van der Waals surface area contributed by atoms with Crippen LogP contribution < -0.4 is 0 Å². The van der Waals surface area contributed by atoms with Crippen LogP contribution in [0.3, 0.4) is 0 Å². The summed E-state index contributed by atoms with van der Waals surface area (Å²) in [5.74, 6) is -0.333. The zero-order valence-electron chi connectivity index (χ0n) is 7.42. The Hall–Kier alpha value is -1.38. The normalized spacial score (nSPS) is 9.58. The lowest BCUT2D eigenvalue weighted by molar-refractivity contribution is 0.0599. The van der Waals surface area contributed by atoms with E-state index in [1.165, 1.54) is 13.3 Å². The maximum Gasteiger partial charge on any atom is 0.339 e. The van der Waals surface area contributed by atoms with Gasteiger partial charge < -0.3 is 4.74 Å². The molecule has 0 radical (unpaired) electrons. The van der Waals surface area contributed by atoms with Gasteiger partial charge >= 0.3 is 5.97 Å². The second-order valence-electron chi connectivity index (χ2n) is 2.63. The lowest BCUT2D eigenvalue weighted by Gasteiger charge is -2.02. The number of hydrogen-bond acceptors (Lipinski definition) is 3. The molecule has 0 aliphatic carbocycles. The van der Waals surface area contributed by atoms with E-state index < -0.39 is 0 Å². The number of nitrogens with zero attached hydrogens (tertiary/aromatic N) is 1. The van der Waals surface area contributed by atoms with Crippen LogP contribution in [0.4, 0.5) is 0 Å². The average Bonchev–Trinajstić information content (AvgIpc) is 2.03. The molecule has 0 bridgehead atoms. The number of aromatic nitrogens is 1. The maximum absolute atomic E-state index is 11.1. The van der Waals surface area contributed by atoms with Gasteiger partial charge in [-0.05, 0) is 25.5 Å². The van der Waals surface area contributed by atoms with Gasteiger partial charge in [-0.2, -0.15) is 0 Å². The summed E-state index contributed by atoms with van der Waals surface area (Å²) in [6.45, 7) is 3.75. The molecular formula is C9H11NO2. The lowest BCUT2D eigenvalue weighted by Crippen LogP contribution is -2.04. The number of pyridine rings is 1. The monoisotopic (exact) mass is 165 g/mol. The van der Waals surface area contributed by atoms with Gasteiger partial charge in [0, 0.05) is 11.9 Å². The summed E-state index contributed by atoms with van der Waals surface area (Å²) >= 11 is 0. The van der Waals surface area contributed by atoms with E-state index in [2.05, 4.69) is 9.72 Å². The third-order valence-corrected chi connectivity index (χ3v) is 1.65. The molecule has 0 saturated heterocycles. The quantitative estimate of drug-likeness (QED) is 0.592. The van der Waals surface area contributed by atoms with Gasteiger partial charge in [-0.3, -0.25) is 4.98 Å². The highest BCUT2D eigenvalue weighted by Crippen LogP contribution is 2.08. The van der Waals surface area contributed by atoms with Gasteiger partial charge in [0.15, 0.2) is 0 Å². The predicted octanol–water partition coefficient (Wildman–Crippen LogP) is 1.49. The van der Waals surface area contributed by atoms with Crippen molar-refractivity contribution in [1.82, 2.24) is 4.98 Å². The molecule has 1 aromatic rings. The Kier molecular flexibility index (Phi) is 2.43. The van der Waals surface area contributed by atoms with Crippen LogP contribution in [0, 0.1) is 13.8 Å². The minimum Gasteiger partial charge on any atom is -0.465 e. The van der Waals surface area contributed by atoms with E-state index in [0.717, 1.165) is 11.3 Å². The zero-order chi connectivity index (χ0) is 9.14. The summed E-state index contributed by atoms with van der Waals surface area (Å²) in [6, 6.07) is 1.85. The molecule has 0 N–H and O–H groups in total. The fraction of sp³-hybridized carbons (Fsp3) is 0.333. The number of ether oxygens (including phenoxy) is 1. The molecule has 0 atom stereocenters. The van der Waals surface area contributed by atoms with Gasteiger partial charge in [-0.1, -0.05) is 0 Å². The molecule has 0 aliphatic heterocycles. The maximum atomic E-state index is 11.1. The Morgan fingerprint density at radius 1 is 1.50 bits per heavy atom. The number of aryl methyl sites for hydroxylation is 2. The molecule has 0 aliphatic rings. The minimum absolute atomic E-state index is 0.333. The van der Waals surface area contributed by atoms with Crippen LogP contribution in [0.25, 0.3) is 0 Å². The van der Waals surface area contributed by atoms with E-state index in [1.807, 2.05) is 19.9 Å². The topological polar surface area (TPSA) is 39.2 Å². The van der Waals surface area contributed by atoms with Gasteiger partial charge in [0.25, 0.3) is 0 Å². The first-order valence-electron chi connectivity index (χ1n) is 3.66. The van der Waals surface area contributed by atoms with E-state index >= 15 is 0 Å². The summed E-state index contributed by atoms with van der Waals surface area (Å²) in [6.07, 6.45) is 1.54. The Labute approximate surface area is 71.4 Å². The van der Waals surface area contributed by atoms with Crippen molar-refractivity contribution in [2.45, 2.75) is 13.8 Å². The predicted molar refractivity (Wildman–Crippen MR) is 45.1 cm³/mol. The Balaban J connectivity index is 3.09. The number of esters is 1. The van der Waals surface area contributed by atoms with E-state index in [1.54, 1.807) is 0 Å². The standard InChI is InChI=1S/C9H11NO2/c1-6-4-7(2)10-5-8(6)9(11)12-3/h4-5H,1-3H3. The number of methoxy groups -OCH3 is 1. The van der Waals surface area contributed by atoms with Crippen LogP contribution in [0.2, 0.25) is 0 Å². The lowest BCUT2D eigenvalue weighted by atomic mass is 10.1. The van der Waals surface area contributed by atoms with Crippen molar-refractivity contribution in [3.63, 3.8) is 0 Å². The van der Waals surface area contributed by atoms with Crippen LogP contribution in [0.5, 0.6) is 0 Å². The summed E-state index contributed by atoms with van der Waals surface area (Å²) in [5, 5.41) is 0. The second kappa shape index (κ2) is 3.34. The highest BCUT2D eigenvalue weighted by Gasteiger charge is 2.08. The zero-order valence-corrected chi connectivity index (χ0v) is 7.42. The first-order valence-corrected chi connectivity index (χ1v) is 3.66. The minimum atomic E-state index is -0.333. The van der Waals surface area contributed by atoms with Crippen LogP contribution >= 0.6 is 0 Å². The number of carbonyl (C=O) groups is 1. The molecule has 1 rings (SSSR count). The number of rotatable bonds is 1. The molecule has 0 unspecified atom stereocenters. The summed E-state index contributed by atoms with van der Waals surface area (Å²) in [5.41, 5.74) is 2.33. The van der Waals surface area contributed by atoms with Crippen molar-refractivity contribution in [1.29, 1.82) is 0 Å². The summed E-state index contributed by atoms with van der Waals surface area (Å²) in [4.78, 5) is 15.1. The van der Waals surface area contributed by atoms with Crippen molar-refractivity contribution in [2.75, 3.05) is 7.11 Å². The number of hydrogen-bond donors (Lipinski definition) is 0. The van der Waals surface area contributed by atoms with Gasteiger partial charge in [-0.25, -0.2) is 4.79 Å². The van der Waals surface area contributed by atoms with Crippen LogP contribution in [-0.4, -0.2) is 18.1 Å². The molecule has 0 saturated carbocycles. The van der Waals surface area contributed by atoms with E-state index in [0.29, 0.717) is 5.56 Å². The third kappa shape index (κ3) is 1.61. The first kappa shape index (κ1) is 8.71. The third-order valence-electron chi connectivity index (χ3n) is 1.65. The molecular weight excluding hydrogens is 154 g/mol. The Morgan fingerprint density at radius 3 is 2.67 bits per heavy atom. The van der Waals surface area contributed by atoms with Gasteiger partial charge in [0.2, 0.25) is 0 Å². The number of carbonyl (C=O) groups excluding carboxylic acids is 1. The molecule has 3 nitrogen and oxygen atoms in total. The van der Waals surface area contributed by atoms with Gasteiger partial charge in [-0.15, -0.1) is 0 Å². The SMILES string of the molecule is COC(=O)c1cnc(C)cc1C. The largest absolute Gasteiger partial charge is 0.465 e. The highest BCUT2D eigenvalue weighted by atomic mass is 16.5. The highest BCUT2D eigenvalue weighted by molar-refractivity contribution is 5.90. The van der Waals surface area contributed by atoms with Crippen molar-refractivity contribution < 1.29 is 9.53 Å². The molecule has 3 heteroatoms. The molecule has 1 heterocycles. The fourth-order valence-electron chi connectivity index (χ4n) is 1.02. The molecule has 0 fully saturated rings. The molecule has 0 aromatic carbocycles. The Bertz CT molecular complexity index is 307. The molecule has 0 amide bonds. The summed E-state index contributed by atoms with van der Waals surface area (Å²) < 4.78 is 4.58. The van der Waals surface area contributed by atoms with Crippen LogP contribution in [-0.2, 0) is 4.74 Å². The van der Waals surface area contributed by atoms with Crippen molar-refractivity contribution >= 4 is 5.97 Å². The van der Waals surface area contributed by atoms with Crippen LogP contribution in [0.1, 0.15) is 21.6 Å². The van der Waals surface area contributed by atoms with Gasteiger partial charge in [0.05, 0.1) is 12.7 Å². The average molecular weight is 165 g/mol. The van der Waals surface area contributed by atoms with Crippen molar-refractivity contribution in [2.24, 2.45) is 0 Å².